The molecule has 0 fully saturated rings. The van der Waals surface area contributed by atoms with Gasteiger partial charge in [-0.1, -0.05) is 37.7 Å². The van der Waals surface area contributed by atoms with Crippen LogP contribution in [0.25, 0.3) is 22.4 Å². The summed E-state index contributed by atoms with van der Waals surface area (Å²) in [6.45, 7) is 1.96. The molecule has 0 amide bonds. The predicted molar refractivity (Wildman–Crippen MR) is 148 cm³/mol. The number of aliphatic hydroxyl groups excluding tert-OH is 2. The number of benzene rings is 2. The highest BCUT2D eigenvalue weighted by molar-refractivity contribution is 7.89. The standard InChI is InChI=1S/C19H19FN2O4S.2CH3NOS.CH4.H2O/c1-3-6-16-18(13-7-4-5-8-17(13)27(21,23)24)19(22-26-16)12-9-10-15(25-2)14(20)11-12;2*2-1(3)4;;/h4-5,7-11H,3,6H2,1-2H3,(H2,21,23,24);2*(H3,2,3,4);1H4;1H2. The zero-order chi connectivity index (χ0) is 26.8. The van der Waals surface area contributed by atoms with Gasteiger partial charge in [0.2, 0.25) is 10.0 Å². The number of aliphatic hydroxyl groups is 2. The van der Waals surface area contributed by atoms with E-state index in [9.17, 15) is 12.8 Å². The van der Waals surface area contributed by atoms with Crippen molar-refractivity contribution in [3.63, 3.8) is 0 Å². The van der Waals surface area contributed by atoms with E-state index in [0.29, 0.717) is 34.6 Å². The molecular weight excluding hydrogens is 547 g/mol. The number of hydrogen-bond acceptors (Lipinski definition) is 7. The number of hydrogen-bond donors (Lipinski definition) is 5. The van der Waals surface area contributed by atoms with E-state index in [1.165, 1.54) is 25.3 Å². The number of thiocarbonyl (C=S) groups is 2. The highest BCUT2D eigenvalue weighted by Gasteiger charge is 2.24. The van der Waals surface area contributed by atoms with Gasteiger partial charge in [-0.15, -0.1) is 0 Å². The van der Waals surface area contributed by atoms with Gasteiger partial charge in [0, 0.05) is 17.5 Å². The quantitative estimate of drug-likeness (QED) is 0.267. The Morgan fingerprint density at radius 3 is 2.14 bits per heavy atom. The molecule has 0 aliphatic rings. The fraction of sp³-hybridized carbons (Fsp3) is 0.227. The molecule has 0 bridgehead atoms. The van der Waals surface area contributed by atoms with Crippen LogP contribution in [0.2, 0.25) is 0 Å². The third-order valence-electron chi connectivity index (χ3n) is 4.13. The lowest BCUT2D eigenvalue weighted by molar-refractivity contribution is 0.383. The fourth-order valence-electron chi connectivity index (χ4n) is 2.93. The first-order chi connectivity index (χ1) is 16.3. The van der Waals surface area contributed by atoms with Gasteiger partial charge in [-0.2, -0.15) is 0 Å². The van der Waals surface area contributed by atoms with Crippen LogP contribution >= 0.6 is 24.4 Å². The Labute approximate surface area is 225 Å². The summed E-state index contributed by atoms with van der Waals surface area (Å²) < 4.78 is 48.7. The van der Waals surface area contributed by atoms with Crippen molar-refractivity contribution >= 4 is 44.8 Å². The van der Waals surface area contributed by atoms with Gasteiger partial charge in [-0.05, 0) is 55.1 Å². The van der Waals surface area contributed by atoms with Gasteiger partial charge >= 0.3 is 0 Å². The predicted octanol–water partition coefficient (Wildman–Crippen LogP) is 3.14. The van der Waals surface area contributed by atoms with Crippen molar-refractivity contribution in [1.82, 2.24) is 5.16 Å². The summed E-state index contributed by atoms with van der Waals surface area (Å²) in [5, 5.41) is 23.6. The zero-order valence-corrected chi connectivity index (χ0v) is 21.7. The van der Waals surface area contributed by atoms with Crippen molar-refractivity contribution in [2.24, 2.45) is 16.6 Å². The van der Waals surface area contributed by atoms with Crippen molar-refractivity contribution in [3.05, 3.63) is 54.0 Å². The first kappa shape index (κ1) is 35.8. The van der Waals surface area contributed by atoms with Crippen LogP contribution in [0.1, 0.15) is 26.5 Å². The Morgan fingerprint density at radius 2 is 1.68 bits per heavy atom. The average Bonchev–Trinajstić information content (AvgIpc) is 3.16. The second-order valence-corrected chi connectivity index (χ2v) is 9.01. The smallest absolute Gasteiger partial charge is 0.251 e. The van der Waals surface area contributed by atoms with E-state index < -0.39 is 26.2 Å². The first-order valence-electron chi connectivity index (χ1n) is 9.74. The summed E-state index contributed by atoms with van der Waals surface area (Å²) in [7, 11) is -2.60. The molecule has 37 heavy (non-hydrogen) atoms. The van der Waals surface area contributed by atoms with E-state index in [1.807, 2.05) is 6.92 Å². The monoisotopic (exact) mass is 578 g/mol. The van der Waals surface area contributed by atoms with Crippen LogP contribution in [0.15, 0.2) is 51.9 Å². The van der Waals surface area contributed by atoms with Crippen LogP contribution in [0.4, 0.5) is 4.39 Å². The van der Waals surface area contributed by atoms with E-state index in [4.69, 9.17) is 24.6 Å². The molecule has 0 radical (unpaired) electrons. The van der Waals surface area contributed by atoms with Gasteiger partial charge in [-0.25, -0.2) is 17.9 Å². The number of aryl methyl sites for hydroxylation is 1. The van der Waals surface area contributed by atoms with Crippen molar-refractivity contribution in [2.75, 3.05) is 7.11 Å². The average molecular weight is 579 g/mol. The van der Waals surface area contributed by atoms with E-state index >= 15 is 0 Å². The van der Waals surface area contributed by atoms with Crippen LogP contribution in [0.3, 0.4) is 0 Å². The Hall–Kier alpha value is -3.37. The zero-order valence-electron chi connectivity index (χ0n) is 19.3. The molecular formula is C22H31FN4O7S3. The molecule has 0 spiro atoms. The second-order valence-electron chi connectivity index (χ2n) is 6.65. The van der Waals surface area contributed by atoms with Gasteiger partial charge in [0.15, 0.2) is 11.6 Å². The van der Waals surface area contributed by atoms with Crippen LogP contribution < -0.4 is 21.3 Å². The topological polar surface area (TPSA) is 219 Å². The summed E-state index contributed by atoms with van der Waals surface area (Å²) >= 11 is 7.74. The van der Waals surface area contributed by atoms with Gasteiger partial charge < -0.3 is 36.4 Å². The molecule has 0 aliphatic carbocycles. The maximum Gasteiger partial charge on any atom is 0.251 e. The Balaban J connectivity index is 0. The van der Waals surface area contributed by atoms with Gasteiger partial charge in [0.05, 0.1) is 17.6 Å². The number of aromatic nitrogens is 1. The number of ether oxygens (including phenoxy) is 1. The number of sulfonamides is 1. The van der Waals surface area contributed by atoms with Crippen molar-refractivity contribution < 1.29 is 37.8 Å². The first-order valence-corrected chi connectivity index (χ1v) is 12.1. The molecule has 3 aromatic rings. The second kappa shape index (κ2) is 16.4. The number of rotatable bonds is 6. The molecule has 11 nitrogen and oxygen atoms in total. The van der Waals surface area contributed by atoms with E-state index in [1.54, 1.807) is 24.3 Å². The lowest BCUT2D eigenvalue weighted by Gasteiger charge is -2.10. The minimum Gasteiger partial charge on any atom is -0.494 e. The summed E-state index contributed by atoms with van der Waals surface area (Å²) in [6, 6.07) is 10.7. The summed E-state index contributed by atoms with van der Waals surface area (Å²) in [5.74, 6) is 0.0584. The maximum absolute atomic E-state index is 14.2. The number of nitrogens with zero attached hydrogens (tertiary/aromatic N) is 1. The molecule has 1 aromatic heterocycles. The molecule has 10 N–H and O–H groups in total. The van der Waals surface area contributed by atoms with Crippen LogP contribution in [-0.2, 0) is 16.4 Å². The maximum atomic E-state index is 14.2. The lowest BCUT2D eigenvalue weighted by Crippen LogP contribution is -2.13. The van der Waals surface area contributed by atoms with Crippen LogP contribution in [-0.4, -0.2) is 46.7 Å². The van der Waals surface area contributed by atoms with Gasteiger partial charge in [0.1, 0.15) is 11.5 Å². The Bertz CT molecular complexity index is 1270. The number of halogens is 1. The van der Waals surface area contributed by atoms with Crippen LogP contribution in [0.5, 0.6) is 5.75 Å². The summed E-state index contributed by atoms with van der Waals surface area (Å²) in [4.78, 5) is -0.0409. The van der Waals surface area contributed by atoms with E-state index in [2.05, 4.69) is 41.1 Å². The number of primary sulfonamides is 1. The molecule has 0 saturated heterocycles. The van der Waals surface area contributed by atoms with Gasteiger partial charge in [-0.3, -0.25) is 0 Å². The third kappa shape index (κ3) is 11.1. The van der Waals surface area contributed by atoms with Crippen molar-refractivity contribution in [1.29, 1.82) is 0 Å². The molecule has 2 aromatic carbocycles. The van der Waals surface area contributed by atoms with Crippen LogP contribution in [0, 0.1) is 5.82 Å². The third-order valence-corrected chi connectivity index (χ3v) is 5.10. The molecule has 206 valence electrons. The van der Waals surface area contributed by atoms with E-state index in [-0.39, 0.29) is 23.5 Å². The molecule has 3 rings (SSSR count). The van der Waals surface area contributed by atoms with Crippen molar-refractivity contribution in [2.45, 2.75) is 32.1 Å². The lowest BCUT2D eigenvalue weighted by atomic mass is 9.97. The molecule has 0 atom stereocenters. The minimum atomic E-state index is -3.97. The number of methoxy groups -OCH3 is 1. The molecule has 0 unspecified atom stereocenters. The molecule has 1 heterocycles. The normalized spacial score (nSPS) is 9.73. The largest absolute Gasteiger partial charge is 0.494 e. The Morgan fingerprint density at radius 1 is 1.14 bits per heavy atom. The molecule has 0 aliphatic heterocycles. The fourth-order valence-corrected chi connectivity index (χ4v) is 3.68. The minimum absolute atomic E-state index is 0. The van der Waals surface area contributed by atoms with Gasteiger partial charge in [0.25, 0.3) is 10.3 Å². The molecule has 15 heteroatoms. The van der Waals surface area contributed by atoms with E-state index in [0.717, 1.165) is 6.42 Å². The summed E-state index contributed by atoms with van der Waals surface area (Å²) in [5.41, 5.74) is 10.4. The highest BCUT2D eigenvalue weighted by atomic mass is 32.2. The number of nitrogens with two attached hydrogens (primary N) is 3. The highest BCUT2D eigenvalue weighted by Crippen LogP contribution is 2.39. The SMILES string of the molecule is C.CCCc1onc(-c2ccc(OC)c(F)c2)c1-c1ccccc1S(N)(=O)=O.NC(O)=S.NC(O)=S.O. The van der Waals surface area contributed by atoms with Crippen molar-refractivity contribution in [3.8, 4) is 28.1 Å². The Kier molecular flexibility index (Phi) is 15.9. The summed E-state index contributed by atoms with van der Waals surface area (Å²) in [6.07, 6.45) is 1.30. The molecule has 0 saturated carbocycles.